The molecule has 0 rings (SSSR count). The molecule has 0 aliphatic heterocycles. The molecule has 0 spiro atoms. The second kappa shape index (κ2) is 7.48. The Kier molecular flexibility index (Phi) is 7.05. The Morgan fingerprint density at radius 3 is 2.22 bits per heavy atom. The summed E-state index contributed by atoms with van der Waals surface area (Å²) in [7, 11) is 0. The molecule has 0 aromatic rings. The summed E-state index contributed by atoms with van der Waals surface area (Å²) in [5.74, 6) is 0. The molecule has 0 N–H and O–H groups in total. The summed E-state index contributed by atoms with van der Waals surface area (Å²) < 4.78 is 0. The average Bonchev–Trinajstić information content (AvgIpc) is 1.89. The second-order valence-electron chi connectivity index (χ2n) is 2.03. The van der Waals surface area contributed by atoms with Crippen molar-refractivity contribution >= 4 is 0 Å². The van der Waals surface area contributed by atoms with Crippen molar-refractivity contribution in [2.75, 3.05) is 0 Å². The van der Waals surface area contributed by atoms with E-state index in [0.717, 1.165) is 6.42 Å². The van der Waals surface area contributed by atoms with Gasteiger partial charge in [0.1, 0.15) is 0 Å². The number of unbranched alkanes of at least 4 members (excludes halogenated alkanes) is 1. The molecule has 0 fully saturated rings. The lowest BCUT2D eigenvalue weighted by Gasteiger charge is -1.83. The van der Waals surface area contributed by atoms with Gasteiger partial charge in [0.15, 0.2) is 0 Å². The van der Waals surface area contributed by atoms with Crippen LogP contribution < -0.4 is 0 Å². The largest absolute Gasteiger partial charge is 0.0917 e. The highest BCUT2D eigenvalue weighted by Gasteiger charge is 1.72. The van der Waals surface area contributed by atoms with E-state index in [9.17, 15) is 0 Å². The van der Waals surface area contributed by atoms with E-state index in [1.807, 2.05) is 0 Å². The number of allylic oxidation sites excluding steroid dienone is 4. The van der Waals surface area contributed by atoms with E-state index in [-0.39, 0.29) is 0 Å². The van der Waals surface area contributed by atoms with Gasteiger partial charge in [0.05, 0.1) is 0 Å². The molecule has 0 heteroatoms. The van der Waals surface area contributed by atoms with Gasteiger partial charge in [-0.2, -0.15) is 0 Å². The minimum atomic E-state index is 1.16. The maximum absolute atomic E-state index is 2.24. The van der Waals surface area contributed by atoms with Gasteiger partial charge >= 0.3 is 0 Å². The predicted octanol–water partition coefficient (Wildman–Crippen LogP) is 3.31. The molecular weight excluding hydrogens is 108 g/mol. The third kappa shape index (κ3) is 7.48. The van der Waals surface area contributed by atoms with Crippen molar-refractivity contribution < 1.29 is 0 Å². The van der Waals surface area contributed by atoms with Crippen LogP contribution in [0.4, 0.5) is 0 Å². The fraction of sp³-hybridized carbons (Fsp3) is 0.556. The van der Waals surface area contributed by atoms with E-state index in [0.29, 0.717) is 0 Å². The molecule has 0 amide bonds. The first-order valence-corrected chi connectivity index (χ1v) is 3.68. The van der Waals surface area contributed by atoms with Crippen LogP contribution in [-0.4, -0.2) is 0 Å². The van der Waals surface area contributed by atoms with Crippen molar-refractivity contribution in [1.82, 2.24) is 0 Å². The lowest BCUT2D eigenvalue weighted by molar-refractivity contribution is 1.03. The fourth-order valence-corrected chi connectivity index (χ4v) is 0.644. The molecule has 0 radical (unpaired) electrons. The first kappa shape index (κ1) is 8.48. The van der Waals surface area contributed by atoms with E-state index in [1.54, 1.807) is 0 Å². The van der Waals surface area contributed by atoms with Crippen LogP contribution in [-0.2, 0) is 0 Å². The molecule has 0 unspecified atom stereocenters. The van der Waals surface area contributed by atoms with Crippen LogP contribution in [0.15, 0.2) is 24.3 Å². The molecule has 52 valence electrons. The van der Waals surface area contributed by atoms with Gasteiger partial charge < -0.3 is 0 Å². The number of hydrogen-bond acceptors (Lipinski definition) is 0. The Balaban J connectivity index is 2.99. The summed E-state index contributed by atoms with van der Waals surface area (Å²) in [5, 5.41) is 0. The van der Waals surface area contributed by atoms with Crippen LogP contribution in [0.2, 0.25) is 0 Å². The van der Waals surface area contributed by atoms with Gasteiger partial charge in [0, 0.05) is 0 Å². The molecule has 0 atom stereocenters. The second-order valence-corrected chi connectivity index (χ2v) is 2.03. The fourth-order valence-electron chi connectivity index (χ4n) is 0.644. The van der Waals surface area contributed by atoms with E-state index >= 15 is 0 Å². The molecule has 9 heavy (non-hydrogen) atoms. The smallest absolute Gasteiger partial charge is 0.0316 e. The first-order chi connectivity index (χ1) is 4.41. The molecule has 0 heterocycles. The highest BCUT2D eigenvalue weighted by molar-refractivity contribution is 4.85. The normalized spacial score (nSPS) is 11.8. The van der Waals surface area contributed by atoms with Crippen molar-refractivity contribution in [2.24, 2.45) is 0 Å². The Morgan fingerprint density at radius 2 is 1.67 bits per heavy atom. The van der Waals surface area contributed by atoms with Crippen LogP contribution in [0, 0.1) is 0 Å². The van der Waals surface area contributed by atoms with Crippen molar-refractivity contribution in [1.29, 1.82) is 0 Å². The predicted molar refractivity (Wildman–Crippen MR) is 43.5 cm³/mol. The summed E-state index contributed by atoms with van der Waals surface area (Å²) in [4.78, 5) is 0. The standard InChI is InChI=1S/C9H16/c1-3-5-7-9-8-6-4-2/h3,5-6,8H,4,7,9H2,1-2H3/b5-3-,8-6-. The number of hydrogen-bond donors (Lipinski definition) is 0. The van der Waals surface area contributed by atoms with Gasteiger partial charge in [0.25, 0.3) is 0 Å². The van der Waals surface area contributed by atoms with Crippen LogP contribution in [0.5, 0.6) is 0 Å². The SMILES string of the molecule is C/C=C\CC/C=C\CC. The van der Waals surface area contributed by atoms with Crippen molar-refractivity contribution in [3.05, 3.63) is 24.3 Å². The monoisotopic (exact) mass is 124 g/mol. The molecule has 0 bridgehead atoms. The summed E-state index contributed by atoms with van der Waals surface area (Å²) in [6, 6.07) is 0. The molecule has 0 saturated heterocycles. The maximum atomic E-state index is 2.24. The summed E-state index contributed by atoms with van der Waals surface area (Å²) in [5.41, 5.74) is 0. The van der Waals surface area contributed by atoms with Gasteiger partial charge in [-0.05, 0) is 26.2 Å². The first-order valence-electron chi connectivity index (χ1n) is 3.68. The summed E-state index contributed by atoms with van der Waals surface area (Å²) in [6.45, 7) is 4.22. The van der Waals surface area contributed by atoms with E-state index < -0.39 is 0 Å². The molecule has 0 aromatic heterocycles. The zero-order valence-electron chi connectivity index (χ0n) is 6.43. The zero-order valence-corrected chi connectivity index (χ0v) is 6.43. The van der Waals surface area contributed by atoms with E-state index in [1.165, 1.54) is 12.8 Å². The van der Waals surface area contributed by atoms with E-state index in [4.69, 9.17) is 0 Å². The average molecular weight is 124 g/mol. The van der Waals surface area contributed by atoms with Crippen LogP contribution in [0.25, 0.3) is 0 Å². The molecule has 0 aliphatic rings. The maximum Gasteiger partial charge on any atom is -0.0316 e. The minimum Gasteiger partial charge on any atom is -0.0917 e. The summed E-state index contributed by atoms with van der Waals surface area (Å²) in [6.07, 6.45) is 12.3. The molecule has 0 aromatic carbocycles. The van der Waals surface area contributed by atoms with Crippen molar-refractivity contribution in [3.63, 3.8) is 0 Å². The van der Waals surface area contributed by atoms with Crippen molar-refractivity contribution in [3.8, 4) is 0 Å². The lowest BCUT2D eigenvalue weighted by Crippen LogP contribution is -1.62. The topological polar surface area (TPSA) is 0 Å². The van der Waals surface area contributed by atoms with Gasteiger partial charge in [0.2, 0.25) is 0 Å². The lowest BCUT2D eigenvalue weighted by atomic mass is 10.2. The highest BCUT2D eigenvalue weighted by atomic mass is 13.8. The van der Waals surface area contributed by atoms with Crippen LogP contribution >= 0.6 is 0 Å². The van der Waals surface area contributed by atoms with Crippen LogP contribution in [0.3, 0.4) is 0 Å². The highest BCUT2D eigenvalue weighted by Crippen LogP contribution is 1.93. The van der Waals surface area contributed by atoms with Gasteiger partial charge in [-0.25, -0.2) is 0 Å². The Bertz CT molecular complexity index is 88.2. The Hall–Kier alpha value is -0.520. The minimum absolute atomic E-state index is 1.16. The molecule has 0 nitrogen and oxygen atoms in total. The molecular formula is C9H16. The van der Waals surface area contributed by atoms with Gasteiger partial charge in [-0.1, -0.05) is 31.2 Å². The Morgan fingerprint density at radius 1 is 1.00 bits per heavy atom. The van der Waals surface area contributed by atoms with Gasteiger partial charge in [-0.15, -0.1) is 0 Å². The third-order valence-electron chi connectivity index (χ3n) is 1.14. The van der Waals surface area contributed by atoms with Gasteiger partial charge in [-0.3, -0.25) is 0 Å². The Labute approximate surface area is 58.3 Å². The van der Waals surface area contributed by atoms with Crippen LogP contribution in [0.1, 0.15) is 33.1 Å². The zero-order chi connectivity index (χ0) is 6.95. The third-order valence-corrected chi connectivity index (χ3v) is 1.14. The number of rotatable bonds is 4. The van der Waals surface area contributed by atoms with E-state index in [2.05, 4.69) is 38.2 Å². The molecule has 0 aliphatic carbocycles. The van der Waals surface area contributed by atoms with Crippen molar-refractivity contribution in [2.45, 2.75) is 33.1 Å². The quantitative estimate of drug-likeness (QED) is 0.398. The molecule has 0 saturated carbocycles. The summed E-state index contributed by atoms with van der Waals surface area (Å²) >= 11 is 0.